The molecular formula is C18H12N2O2S. The number of carboxylic acid groups (broad SMARTS) is 1. The Morgan fingerprint density at radius 3 is 2.30 bits per heavy atom. The van der Waals surface area contributed by atoms with Crippen molar-refractivity contribution in [2.75, 3.05) is 0 Å². The van der Waals surface area contributed by atoms with Crippen molar-refractivity contribution in [3.8, 4) is 17.1 Å². The minimum Gasteiger partial charge on any atom is -0.477 e. The first kappa shape index (κ1) is 13.7. The van der Waals surface area contributed by atoms with Crippen molar-refractivity contribution in [1.82, 2.24) is 9.55 Å². The van der Waals surface area contributed by atoms with E-state index < -0.39 is 5.97 Å². The molecule has 0 unspecified atom stereocenters. The van der Waals surface area contributed by atoms with Crippen LogP contribution in [-0.4, -0.2) is 20.6 Å². The second-order valence-corrected chi connectivity index (χ2v) is 6.11. The summed E-state index contributed by atoms with van der Waals surface area (Å²) in [4.78, 5) is 17.0. The second kappa shape index (κ2) is 5.37. The largest absolute Gasteiger partial charge is 0.477 e. The van der Waals surface area contributed by atoms with Crippen LogP contribution in [0.15, 0.2) is 66.7 Å². The summed E-state index contributed by atoms with van der Waals surface area (Å²) in [5, 5.41) is 9.23. The standard InChI is InChI=1S/C18H12N2O2S/c21-18(22)15-11-14-17(23-15)19-16(12-7-3-1-4-8-12)20(14)13-9-5-2-6-10-13/h1-11H,(H,21,22). The Kier molecular flexibility index (Phi) is 3.20. The number of carboxylic acids is 1. The summed E-state index contributed by atoms with van der Waals surface area (Å²) >= 11 is 1.20. The van der Waals surface area contributed by atoms with Gasteiger partial charge in [-0.15, -0.1) is 11.3 Å². The van der Waals surface area contributed by atoms with Gasteiger partial charge in [0.25, 0.3) is 0 Å². The van der Waals surface area contributed by atoms with E-state index in [2.05, 4.69) is 4.98 Å². The Hall–Kier alpha value is -2.92. The van der Waals surface area contributed by atoms with E-state index in [0.29, 0.717) is 4.88 Å². The Morgan fingerprint density at radius 1 is 1.00 bits per heavy atom. The number of para-hydroxylation sites is 1. The molecule has 0 aliphatic heterocycles. The van der Waals surface area contributed by atoms with Gasteiger partial charge < -0.3 is 5.11 Å². The highest BCUT2D eigenvalue weighted by Gasteiger charge is 2.18. The summed E-state index contributed by atoms with van der Waals surface area (Å²) in [7, 11) is 0. The molecule has 2 heterocycles. The summed E-state index contributed by atoms with van der Waals surface area (Å²) in [5.74, 6) is -0.108. The molecule has 0 saturated heterocycles. The van der Waals surface area contributed by atoms with E-state index in [-0.39, 0.29) is 0 Å². The minimum atomic E-state index is -0.922. The Bertz CT molecular complexity index is 988. The minimum absolute atomic E-state index is 0.298. The average molecular weight is 320 g/mol. The fraction of sp³-hybridized carbons (Fsp3) is 0. The summed E-state index contributed by atoms with van der Waals surface area (Å²) in [5.41, 5.74) is 2.78. The van der Waals surface area contributed by atoms with Crippen molar-refractivity contribution >= 4 is 27.7 Å². The van der Waals surface area contributed by atoms with Crippen LogP contribution < -0.4 is 0 Å². The molecule has 0 aliphatic carbocycles. The predicted molar refractivity (Wildman–Crippen MR) is 91.3 cm³/mol. The number of aromatic nitrogens is 2. The topological polar surface area (TPSA) is 55.1 Å². The van der Waals surface area contributed by atoms with Crippen molar-refractivity contribution in [3.05, 3.63) is 71.6 Å². The molecule has 4 nitrogen and oxygen atoms in total. The number of fused-ring (bicyclic) bond motifs is 1. The summed E-state index contributed by atoms with van der Waals surface area (Å²) in [6.45, 7) is 0. The van der Waals surface area contributed by atoms with E-state index in [1.807, 2.05) is 65.2 Å². The zero-order valence-corrected chi connectivity index (χ0v) is 12.8. The number of rotatable bonds is 3. The van der Waals surface area contributed by atoms with Crippen molar-refractivity contribution < 1.29 is 9.90 Å². The first-order valence-corrected chi connectivity index (χ1v) is 7.92. The molecule has 0 radical (unpaired) electrons. The number of imidazole rings is 1. The van der Waals surface area contributed by atoms with Crippen LogP contribution in [0.4, 0.5) is 0 Å². The molecule has 5 heteroatoms. The quantitative estimate of drug-likeness (QED) is 0.606. The Morgan fingerprint density at radius 2 is 1.65 bits per heavy atom. The van der Waals surface area contributed by atoms with Crippen LogP contribution in [0.1, 0.15) is 9.67 Å². The molecule has 1 N–H and O–H groups in total. The van der Waals surface area contributed by atoms with Crippen LogP contribution in [-0.2, 0) is 0 Å². The number of hydrogen-bond donors (Lipinski definition) is 1. The maximum absolute atomic E-state index is 11.2. The molecule has 4 aromatic rings. The molecule has 112 valence electrons. The maximum atomic E-state index is 11.2. The van der Waals surface area contributed by atoms with Crippen LogP contribution in [0.2, 0.25) is 0 Å². The highest BCUT2D eigenvalue weighted by Crippen LogP contribution is 2.33. The Labute approximate surface area is 136 Å². The van der Waals surface area contributed by atoms with Crippen molar-refractivity contribution in [3.63, 3.8) is 0 Å². The van der Waals surface area contributed by atoms with E-state index in [1.54, 1.807) is 6.07 Å². The van der Waals surface area contributed by atoms with E-state index in [4.69, 9.17) is 0 Å². The van der Waals surface area contributed by atoms with E-state index in [0.717, 1.165) is 27.4 Å². The molecule has 23 heavy (non-hydrogen) atoms. The zero-order chi connectivity index (χ0) is 15.8. The van der Waals surface area contributed by atoms with Crippen molar-refractivity contribution in [1.29, 1.82) is 0 Å². The second-order valence-electron chi connectivity index (χ2n) is 5.08. The highest BCUT2D eigenvalue weighted by molar-refractivity contribution is 7.20. The van der Waals surface area contributed by atoms with Gasteiger partial charge in [-0.05, 0) is 18.2 Å². The number of benzene rings is 2. The lowest BCUT2D eigenvalue weighted by atomic mass is 10.2. The SMILES string of the molecule is O=C(O)c1cc2c(nc(-c3ccccc3)n2-c2ccccc2)s1. The molecule has 0 aliphatic rings. The molecule has 4 rings (SSSR count). The fourth-order valence-corrected chi connectivity index (χ4v) is 3.45. The highest BCUT2D eigenvalue weighted by atomic mass is 32.1. The number of nitrogens with zero attached hydrogens (tertiary/aromatic N) is 2. The number of carbonyl (C=O) groups is 1. The summed E-state index contributed by atoms with van der Waals surface area (Å²) < 4.78 is 2.01. The van der Waals surface area contributed by atoms with Gasteiger partial charge in [0.15, 0.2) is 0 Å². The van der Waals surface area contributed by atoms with Crippen LogP contribution >= 0.6 is 11.3 Å². The maximum Gasteiger partial charge on any atom is 0.346 e. The lowest BCUT2D eigenvalue weighted by Gasteiger charge is -2.08. The number of thiophene rings is 1. The van der Waals surface area contributed by atoms with Gasteiger partial charge in [0, 0.05) is 11.3 Å². The Balaban J connectivity index is 2.03. The molecule has 0 saturated carbocycles. The van der Waals surface area contributed by atoms with Crippen molar-refractivity contribution in [2.24, 2.45) is 0 Å². The molecule has 2 aromatic heterocycles. The van der Waals surface area contributed by atoms with Gasteiger partial charge in [-0.25, -0.2) is 9.78 Å². The molecule has 0 fully saturated rings. The monoisotopic (exact) mass is 320 g/mol. The van der Waals surface area contributed by atoms with Crippen molar-refractivity contribution in [2.45, 2.75) is 0 Å². The lowest BCUT2D eigenvalue weighted by molar-refractivity contribution is 0.0702. The molecular weight excluding hydrogens is 308 g/mol. The average Bonchev–Trinajstić information content (AvgIpc) is 3.14. The number of aromatic carboxylic acids is 1. The van der Waals surface area contributed by atoms with Gasteiger partial charge in [-0.2, -0.15) is 0 Å². The van der Waals surface area contributed by atoms with Crippen LogP contribution in [0.3, 0.4) is 0 Å². The molecule has 0 bridgehead atoms. The van der Waals surface area contributed by atoms with Gasteiger partial charge in [0.1, 0.15) is 15.5 Å². The predicted octanol–water partition coefficient (Wildman–Crippen LogP) is 4.45. The van der Waals surface area contributed by atoms with Gasteiger partial charge in [0.2, 0.25) is 0 Å². The van der Waals surface area contributed by atoms with Crippen LogP contribution in [0, 0.1) is 0 Å². The van der Waals surface area contributed by atoms with Gasteiger partial charge in [0.05, 0.1) is 5.52 Å². The third kappa shape index (κ3) is 2.31. The van der Waals surface area contributed by atoms with Gasteiger partial charge >= 0.3 is 5.97 Å². The smallest absolute Gasteiger partial charge is 0.346 e. The first-order chi connectivity index (χ1) is 11.2. The zero-order valence-electron chi connectivity index (χ0n) is 12.0. The fourth-order valence-electron chi connectivity index (χ4n) is 2.60. The van der Waals surface area contributed by atoms with Crippen LogP contribution in [0.5, 0.6) is 0 Å². The molecule has 0 spiro atoms. The molecule has 0 amide bonds. The van der Waals surface area contributed by atoms with E-state index >= 15 is 0 Å². The summed E-state index contributed by atoms with van der Waals surface area (Å²) in [6.07, 6.45) is 0. The lowest BCUT2D eigenvalue weighted by Crippen LogP contribution is -1.97. The first-order valence-electron chi connectivity index (χ1n) is 7.10. The van der Waals surface area contributed by atoms with Gasteiger partial charge in [-0.3, -0.25) is 4.57 Å². The third-order valence-corrected chi connectivity index (χ3v) is 4.62. The van der Waals surface area contributed by atoms with Crippen LogP contribution in [0.25, 0.3) is 27.4 Å². The van der Waals surface area contributed by atoms with E-state index in [9.17, 15) is 9.90 Å². The number of hydrogen-bond acceptors (Lipinski definition) is 3. The molecule has 2 aromatic carbocycles. The van der Waals surface area contributed by atoms with Gasteiger partial charge in [-0.1, -0.05) is 48.5 Å². The van der Waals surface area contributed by atoms with E-state index in [1.165, 1.54) is 11.3 Å². The summed E-state index contributed by atoms with van der Waals surface area (Å²) in [6, 6.07) is 21.5. The normalized spacial score (nSPS) is 11.0. The third-order valence-electron chi connectivity index (χ3n) is 3.61. The molecule has 0 atom stereocenters.